The molecule has 2 heterocycles. The summed E-state index contributed by atoms with van der Waals surface area (Å²) in [5.41, 5.74) is 1.86. The number of anilines is 1. The summed E-state index contributed by atoms with van der Waals surface area (Å²) in [6, 6.07) is 7.60. The summed E-state index contributed by atoms with van der Waals surface area (Å²) in [5.74, 6) is -0.482. The Hall–Kier alpha value is -2.22. The number of amides is 1. The summed E-state index contributed by atoms with van der Waals surface area (Å²) in [6.45, 7) is 3.55. The smallest absolute Gasteiger partial charge is 0.245 e. The van der Waals surface area contributed by atoms with E-state index in [9.17, 15) is 13.2 Å². The summed E-state index contributed by atoms with van der Waals surface area (Å²) >= 11 is 0. The molecule has 128 valence electrons. The molecule has 7 nitrogen and oxygen atoms in total. The van der Waals surface area contributed by atoms with Crippen molar-refractivity contribution >= 4 is 21.4 Å². The highest BCUT2D eigenvalue weighted by Gasteiger charge is 2.35. The van der Waals surface area contributed by atoms with E-state index in [2.05, 4.69) is 10.1 Å². The van der Waals surface area contributed by atoms with E-state index >= 15 is 0 Å². The average molecular weight is 349 g/mol. The Morgan fingerprint density at radius 1 is 1.38 bits per heavy atom. The van der Waals surface area contributed by atoms with Gasteiger partial charge in [0, 0.05) is 12.2 Å². The van der Waals surface area contributed by atoms with E-state index in [1.165, 1.54) is 6.92 Å². The van der Waals surface area contributed by atoms with Gasteiger partial charge < -0.3 is 9.42 Å². The molecule has 8 heteroatoms. The fourth-order valence-corrected chi connectivity index (χ4v) is 3.98. The van der Waals surface area contributed by atoms with Gasteiger partial charge >= 0.3 is 0 Å². The maximum absolute atomic E-state index is 12.8. The molecule has 1 aromatic heterocycles. The molecule has 0 saturated carbocycles. The monoisotopic (exact) mass is 349 g/mol. The minimum absolute atomic E-state index is 0.00574. The van der Waals surface area contributed by atoms with Crippen molar-refractivity contribution in [1.82, 2.24) is 10.1 Å². The largest absolute Gasteiger partial charge is 0.338 e. The zero-order valence-electron chi connectivity index (χ0n) is 13.6. The quantitative estimate of drug-likeness (QED) is 0.833. The van der Waals surface area contributed by atoms with E-state index in [4.69, 9.17) is 4.52 Å². The second kappa shape index (κ2) is 6.35. The first-order chi connectivity index (χ1) is 11.4. The number of para-hydroxylation sites is 1. The molecule has 0 saturated heterocycles. The van der Waals surface area contributed by atoms with Gasteiger partial charge in [0.25, 0.3) is 0 Å². The summed E-state index contributed by atoms with van der Waals surface area (Å²) in [6.07, 6.45) is 1.71. The standard InChI is InChI=1S/C16H19N3O4S/c1-11(24(21,22)10-15-17-12(2)18-23-15)16(20)19-9-5-7-13-6-3-4-8-14(13)19/h3-4,6,8,11H,5,7,9-10H2,1-2H3. The number of carbonyl (C=O) groups excluding carboxylic acids is 1. The fraction of sp³-hybridized carbons (Fsp3) is 0.438. The van der Waals surface area contributed by atoms with Crippen LogP contribution in [0.15, 0.2) is 28.8 Å². The number of fused-ring (bicyclic) bond motifs is 1. The second-order valence-corrected chi connectivity index (χ2v) is 8.23. The molecule has 1 unspecified atom stereocenters. The highest BCUT2D eigenvalue weighted by atomic mass is 32.2. The van der Waals surface area contributed by atoms with Crippen molar-refractivity contribution in [3.05, 3.63) is 41.5 Å². The van der Waals surface area contributed by atoms with Crippen LogP contribution in [0.3, 0.4) is 0 Å². The van der Waals surface area contributed by atoms with E-state index in [0.29, 0.717) is 12.4 Å². The Balaban J connectivity index is 1.82. The first kappa shape index (κ1) is 16.6. The number of benzene rings is 1. The number of aromatic nitrogens is 2. The van der Waals surface area contributed by atoms with Crippen LogP contribution in [-0.2, 0) is 26.8 Å². The average Bonchev–Trinajstić information content (AvgIpc) is 2.97. The third-order valence-corrected chi connectivity index (χ3v) is 6.09. The first-order valence-corrected chi connectivity index (χ1v) is 9.50. The van der Waals surface area contributed by atoms with Gasteiger partial charge in [-0.25, -0.2) is 8.42 Å². The van der Waals surface area contributed by atoms with Crippen molar-refractivity contribution in [2.45, 2.75) is 37.7 Å². The summed E-state index contributed by atoms with van der Waals surface area (Å²) < 4.78 is 29.9. The maximum atomic E-state index is 12.8. The number of carbonyl (C=O) groups is 1. The minimum Gasteiger partial charge on any atom is -0.338 e. The van der Waals surface area contributed by atoms with E-state index < -0.39 is 26.7 Å². The van der Waals surface area contributed by atoms with Gasteiger partial charge in [-0.3, -0.25) is 4.79 Å². The third kappa shape index (κ3) is 3.19. The van der Waals surface area contributed by atoms with Crippen molar-refractivity contribution in [3.63, 3.8) is 0 Å². The summed E-state index contributed by atoms with van der Waals surface area (Å²) in [7, 11) is -3.74. The second-order valence-electron chi connectivity index (χ2n) is 5.91. The molecule has 1 amide bonds. The van der Waals surface area contributed by atoms with Crippen LogP contribution < -0.4 is 4.90 Å². The number of hydrogen-bond donors (Lipinski definition) is 0. The number of rotatable bonds is 4. The highest BCUT2D eigenvalue weighted by molar-refractivity contribution is 7.92. The molecular weight excluding hydrogens is 330 g/mol. The maximum Gasteiger partial charge on any atom is 0.245 e. The summed E-state index contributed by atoms with van der Waals surface area (Å²) in [4.78, 5) is 18.3. The third-order valence-electron chi connectivity index (χ3n) is 4.16. The predicted octanol–water partition coefficient (Wildman–Crippen LogP) is 1.66. The molecule has 2 aromatic rings. The van der Waals surface area contributed by atoms with Crippen molar-refractivity contribution in [2.75, 3.05) is 11.4 Å². The van der Waals surface area contributed by atoms with Gasteiger partial charge in [-0.2, -0.15) is 4.98 Å². The SMILES string of the molecule is Cc1noc(CS(=O)(=O)C(C)C(=O)N2CCCc3ccccc32)n1. The van der Waals surface area contributed by atoms with Crippen LogP contribution in [0.5, 0.6) is 0 Å². The number of sulfone groups is 1. The van der Waals surface area contributed by atoms with E-state index in [-0.39, 0.29) is 5.89 Å². The van der Waals surface area contributed by atoms with Gasteiger partial charge in [-0.15, -0.1) is 0 Å². The molecule has 3 rings (SSSR count). The lowest BCUT2D eigenvalue weighted by molar-refractivity contribution is -0.118. The molecule has 1 aliphatic heterocycles. The molecule has 0 spiro atoms. The van der Waals surface area contributed by atoms with Crippen molar-refractivity contribution < 1.29 is 17.7 Å². The molecule has 1 aromatic carbocycles. The molecule has 0 N–H and O–H groups in total. The van der Waals surface area contributed by atoms with Gasteiger partial charge in [0.05, 0.1) is 0 Å². The van der Waals surface area contributed by atoms with Crippen LogP contribution >= 0.6 is 0 Å². The van der Waals surface area contributed by atoms with Gasteiger partial charge in [-0.05, 0) is 38.3 Å². The van der Waals surface area contributed by atoms with Gasteiger partial charge in [0.2, 0.25) is 11.8 Å². The van der Waals surface area contributed by atoms with Gasteiger partial charge in [0.15, 0.2) is 15.7 Å². The van der Waals surface area contributed by atoms with Crippen molar-refractivity contribution in [1.29, 1.82) is 0 Å². The van der Waals surface area contributed by atoms with Crippen molar-refractivity contribution in [2.24, 2.45) is 0 Å². The van der Waals surface area contributed by atoms with Crippen LogP contribution in [0.2, 0.25) is 0 Å². The van der Waals surface area contributed by atoms with Crippen molar-refractivity contribution in [3.8, 4) is 0 Å². The van der Waals surface area contributed by atoms with Crippen LogP contribution in [0, 0.1) is 6.92 Å². The lowest BCUT2D eigenvalue weighted by atomic mass is 10.0. The predicted molar refractivity (Wildman–Crippen MR) is 88.2 cm³/mol. The van der Waals surface area contributed by atoms with E-state index in [1.54, 1.807) is 11.8 Å². The first-order valence-electron chi connectivity index (χ1n) is 7.78. The number of aryl methyl sites for hydroxylation is 2. The highest BCUT2D eigenvalue weighted by Crippen LogP contribution is 2.28. The Labute approximate surface area is 140 Å². The van der Waals surface area contributed by atoms with Gasteiger partial charge in [0.1, 0.15) is 11.0 Å². The lowest BCUT2D eigenvalue weighted by Crippen LogP contribution is -2.44. The molecule has 24 heavy (non-hydrogen) atoms. The lowest BCUT2D eigenvalue weighted by Gasteiger charge is -2.31. The number of hydrogen-bond acceptors (Lipinski definition) is 6. The summed E-state index contributed by atoms with van der Waals surface area (Å²) in [5, 5.41) is 2.41. The van der Waals surface area contributed by atoms with Crippen LogP contribution in [0.25, 0.3) is 0 Å². The Morgan fingerprint density at radius 3 is 2.83 bits per heavy atom. The Morgan fingerprint density at radius 2 is 2.12 bits per heavy atom. The van der Waals surface area contributed by atoms with Crippen LogP contribution in [0.1, 0.15) is 30.6 Å². The van der Waals surface area contributed by atoms with E-state index in [1.807, 2.05) is 24.3 Å². The topological polar surface area (TPSA) is 93.4 Å². The molecule has 0 radical (unpaired) electrons. The molecule has 0 aliphatic carbocycles. The molecule has 0 bridgehead atoms. The number of nitrogens with zero attached hydrogens (tertiary/aromatic N) is 3. The van der Waals surface area contributed by atoms with Crippen LogP contribution in [-0.4, -0.2) is 36.3 Å². The molecule has 1 aliphatic rings. The Bertz CT molecular complexity index is 860. The Kier molecular flexibility index (Phi) is 4.40. The zero-order valence-corrected chi connectivity index (χ0v) is 14.4. The molecule has 1 atom stereocenters. The minimum atomic E-state index is -3.74. The molecular formula is C16H19N3O4S. The van der Waals surface area contributed by atoms with E-state index in [0.717, 1.165) is 24.1 Å². The van der Waals surface area contributed by atoms with Crippen LogP contribution in [0.4, 0.5) is 5.69 Å². The zero-order chi connectivity index (χ0) is 17.3. The van der Waals surface area contributed by atoms with Gasteiger partial charge in [-0.1, -0.05) is 23.4 Å². The molecule has 0 fully saturated rings. The fourth-order valence-electron chi connectivity index (χ4n) is 2.83. The normalized spacial score (nSPS) is 15.8.